The average Bonchev–Trinajstić information content (AvgIpc) is 3.53. The molecule has 162 valence electrons. The van der Waals surface area contributed by atoms with Crippen molar-refractivity contribution in [1.82, 2.24) is 4.90 Å². The Morgan fingerprint density at radius 3 is 2.77 bits per heavy atom. The Hall–Kier alpha value is -2.04. The van der Waals surface area contributed by atoms with Crippen LogP contribution in [-0.2, 0) is 18.4 Å². The van der Waals surface area contributed by atoms with Crippen LogP contribution >= 0.6 is 0 Å². The van der Waals surface area contributed by atoms with E-state index in [0.29, 0.717) is 6.61 Å². The van der Waals surface area contributed by atoms with Crippen molar-refractivity contribution >= 4 is 0 Å². The monoisotopic (exact) mass is 417 g/mol. The minimum atomic E-state index is -0.681. The summed E-state index contributed by atoms with van der Waals surface area (Å²) in [7, 11) is 0. The van der Waals surface area contributed by atoms with Gasteiger partial charge in [0.1, 0.15) is 12.7 Å². The van der Waals surface area contributed by atoms with Gasteiger partial charge in [0, 0.05) is 18.2 Å². The first-order chi connectivity index (χ1) is 15.2. The summed E-state index contributed by atoms with van der Waals surface area (Å²) in [5.74, 6) is 2.61. The Balaban J connectivity index is 1.30. The van der Waals surface area contributed by atoms with Gasteiger partial charge in [-0.3, -0.25) is 4.90 Å². The molecule has 2 aromatic carbocycles. The molecule has 2 aromatic rings. The molecule has 2 aliphatic heterocycles. The molecule has 1 unspecified atom stereocenters. The quantitative estimate of drug-likeness (QED) is 0.791. The second-order valence-electron chi connectivity index (χ2n) is 10.5. The fourth-order valence-electron chi connectivity index (χ4n) is 7.31. The molecular formula is C27H31NO3. The summed E-state index contributed by atoms with van der Waals surface area (Å²) in [6.07, 6.45) is 7.70. The van der Waals surface area contributed by atoms with Crippen LogP contribution in [0.3, 0.4) is 0 Å². The Morgan fingerprint density at radius 2 is 1.94 bits per heavy atom. The van der Waals surface area contributed by atoms with Crippen LogP contribution in [0, 0.1) is 5.92 Å². The summed E-state index contributed by atoms with van der Waals surface area (Å²) in [5, 5.41) is 12.4. The zero-order valence-corrected chi connectivity index (χ0v) is 18.1. The van der Waals surface area contributed by atoms with Crippen molar-refractivity contribution in [3.8, 4) is 11.5 Å². The molecule has 0 amide bonds. The molecule has 0 radical (unpaired) electrons. The molecule has 3 aliphatic carbocycles. The third kappa shape index (κ3) is 2.49. The Bertz CT molecular complexity index is 1020. The maximum absolute atomic E-state index is 12.4. The molecule has 7 rings (SSSR count). The van der Waals surface area contributed by atoms with Gasteiger partial charge in [0.05, 0.1) is 11.0 Å². The third-order valence-electron chi connectivity index (χ3n) is 8.89. The van der Waals surface area contributed by atoms with Crippen LogP contribution in [0.1, 0.15) is 55.2 Å². The lowest BCUT2D eigenvalue weighted by atomic mass is 9.49. The van der Waals surface area contributed by atoms with Crippen LogP contribution in [0.5, 0.6) is 11.5 Å². The summed E-state index contributed by atoms with van der Waals surface area (Å²) in [5.41, 5.74) is 2.88. The SMILES string of the molecule is OC12CCC[C@@H]3Oc4c(OCc5ccccc5)ccc5c4[C@@]31CCN(CC1CC1)[C@@H]2C5. The number of piperidine rings is 1. The molecule has 2 heterocycles. The molecule has 5 aliphatic rings. The largest absolute Gasteiger partial charge is 0.485 e. The first-order valence-corrected chi connectivity index (χ1v) is 12.2. The van der Waals surface area contributed by atoms with Crippen LogP contribution in [0.15, 0.2) is 42.5 Å². The first kappa shape index (κ1) is 18.5. The van der Waals surface area contributed by atoms with Crippen molar-refractivity contribution in [3.63, 3.8) is 0 Å². The van der Waals surface area contributed by atoms with E-state index in [9.17, 15) is 5.11 Å². The summed E-state index contributed by atoms with van der Waals surface area (Å²) < 4.78 is 13.0. The van der Waals surface area contributed by atoms with E-state index < -0.39 is 5.60 Å². The van der Waals surface area contributed by atoms with E-state index in [4.69, 9.17) is 9.47 Å². The van der Waals surface area contributed by atoms with Crippen molar-refractivity contribution in [3.05, 3.63) is 59.2 Å². The normalized spacial score (nSPS) is 35.4. The van der Waals surface area contributed by atoms with Crippen LogP contribution in [0.25, 0.3) is 0 Å². The lowest BCUT2D eigenvalue weighted by molar-refractivity contribution is -0.185. The minimum Gasteiger partial charge on any atom is -0.485 e. The van der Waals surface area contributed by atoms with Crippen molar-refractivity contribution in [2.75, 3.05) is 13.1 Å². The molecule has 4 heteroatoms. The van der Waals surface area contributed by atoms with Gasteiger partial charge in [-0.25, -0.2) is 0 Å². The van der Waals surface area contributed by atoms with Crippen molar-refractivity contribution in [2.24, 2.45) is 5.92 Å². The number of nitrogens with zero attached hydrogens (tertiary/aromatic N) is 1. The van der Waals surface area contributed by atoms with E-state index in [1.54, 1.807) is 0 Å². The summed E-state index contributed by atoms with van der Waals surface area (Å²) in [6, 6.07) is 14.9. The molecule has 3 fully saturated rings. The molecule has 0 aromatic heterocycles. The van der Waals surface area contributed by atoms with E-state index in [1.807, 2.05) is 18.2 Å². The summed E-state index contributed by atoms with van der Waals surface area (Å²) >= 11 is 0. The molecule has 1 saturated heterocycles. The van der Waals surface area contributed by atoms with Crippen LogP contribution < -0.4 is 9.47 Å². The number of ether oxygens (including phenoxy) is 2. The highest BCUT2D eigenvalue weighted by Gasteiger charge is 2.71. The predicted octanol–water partition coefficient (Wildman–Crippen LogP) is 4.22. The highest BCUT2D eigenvalue weighted by Crippen LogP contribution is 2.65. The van der Waals surface area contributed by atoms with Gasteiger partial charge in [-0.2, -0.15) is 0 Å². The maximum Gasteiger partial charge on any atom is 0.165 e. The molecule has 4 nitrogen and oxygen atoms in total. The maximum atomic E-state index is 12.4. The van der Waals surface area contributed by atoms with Gasteiger partial charge in [-0.1, -0.05) is 36.4 Å². The first-order valence-electron chi connectivity index (χ1n) is 12.2. The summed E-state index contributed by atoms with van der Waals surface area (Å²) in [4.78, 5) is 2.63. The van der Waals surface area contributed by atoms with Gasteiger partial charge in [0.2, 0.25) is 0 Å². The van der Waals surface area contributed by atoms with E-state index >= 15 is 0 Å². The van der Waals surface area contributed by atoms with E-state index in [1.165, 1.54) is 24.0 Å². The lowest BCUT2D eigenvalue weighted by Gasteiger charge is -2.63. The van der Waals surface area contributed by atoms with Crippen LogP contribution in [0.2, 0.25) is 0 Å². The van der Waals surface area contributed by atoms with Crippen molar-refractivity contribution in [1.29, 1.82) is 0 Å². The minimum absolute atomic E-state index is 0.0763. The van der Waals surface area contributed by atoms with Crippen molar-refractivity contribution < 1.29 is 14.6 Å². The van der Waals surface area contributed by atoms with Gasteiger partial charge in [-0.15, -0.1) is 0 Å². The zero-order chi connectivity index (χ0) is 20.6. The van der Waals surface area contributed by atoms with E-state index in [2.05, 4.69) is 29.2 Å². The van der Waals surface area contributed by atoms with E-state index in [0.717, 1.165) is 68.2 Å². The van der Waals surface area contributed by atoms with Gasteiger partial charge < -0.3 is 14.6 Å². The Kier molecular flexibility index (Phi) is 3.88. The van der Waals surface area contributed by atoms with Gasteiger partial charge in [0.25, 0.3) is 0 Å². The topological polar surface area (TPSA) is 41.9 Å². The second kappa shape index (κ2) is 6.49. The predicted molar refractivity (Wildman–Crippen MR) is 119 cm³/mol. The molecule has 2 saturated carbocycles. The molecular weight excluding hydrogens is 386 g/mol. The molecule has 4 atom stereocenters. The fraction of sp³-hybridized carbons (Fsp3) is 0.556. The molecule has 1 N–H and O–H groups in total. The number of likely N-dealkylation sites (tertiary alicyclic amines) is 1. The highest BCUT2D eigenvalue weighted by atomic mass is 16.5. The summed E-state index contributed by atoms with van der Waals surface area (Å²) in [6.45, 7) is 2.78. The molecule has 31 heavy (non-hydrogen) atoms. The smallest absolute Gasteiger partial charge is 0.165 e. The average molecular weight is 418 g/mol. The third-order valence-corrected chi connectivity index (χ3v) is 8.89. The number of hydrogen-bond acceptors (Lipinski definition) is 4. The standard InChI is InChI=1S/C27H31NO3/c29-27-12-4-7-23-26(27)13-14-28(16-18-8-9-18)22(27)15-20-10-11-21(25(31-23)24(20)26)30-17-19-5-2-1-3-6-19/h1-3,5-6,10-11,18,22-23,29H,4,7-9,12-17H2/t22-,23+,26-,27?/m1/s1. The zero-order valence-electron chi connectivity index (χ0n) is 18.1. The number of hydrogen-bond donors (Lipinski definition) is 1. The fourth-order valence-corrected chi connectivity index (χ4v) is 7.31. The Morgan fingerprint density at radius 1 is 1.06 bits per heavy atom. The number of aliphatic hydroxyl groups is 1. The van der Waals surface area contributed by atoms with E-state index in [-0.39, 0.29) is 17.6 Å². The van der Waals surface area contributed by atoms with Crippen LogP contribution in [-0.4, -0.2) is 40.8 Å². The van der Waals surface area contributed by atoms with Crippen molar-refractivity contribution in [2.45, 2.75) is 74.7 Å². The highest BCUT2D eigenvalue weighted by molar-refractivity contribution is 5.62. The van der Waals surface area contributed by atoms with Gasteiger partial charge in [-0.05, 0) is 74.6 Å². The van der Waals surface area contributed by atoms with Gasteiger partial charge >= 0.3 is 0 Å². The van der Waals surface area contributed by atoms with Crippen LogP contribution in [0.4, 0.5) is 0 Å². The lowest BCUT2D eigenvalue weighted by Crippen LogP contribution is -2.75. The van der Waals surface area contributed by atoms with Gasteiger partial charge in [0.15, 0.2) is 11.5 Å². The number of rotatable bonds is 5. The molecule has 2 bridgehead atoms. The number of benzene rings is 2. The Labute approximate surface area is 184 Å². The second-order valence-corrected chi connectivity index (χ2v) is 10.5. The molecule has 1 spiro atoms.